The third-order valence-electron chi connectivity index (χ3n) is 3.38. The molecule has 2 rings (SSSR count). The van der Waals surface area contributed by atoms with Gasteiger partial charge in [-0.25, -0.2) is 8.78 Å². The van der Waals surface area contributed by atoms with Crippen LogP contribution in [0.1, 0.15) is 41.0 Å². The van der Waals surface area contributed by atoms with Gasteiger partial charge in [0.15, 0.2) is 11.6 Å². The second-order valence-corrected chi connectivity index (χ2v) is 7.49. The van der Waals surface area contributed by atoms with Gasteiger partial charge in [0.05, 0.1) is 9.83 Å². The van der Waals surface area contributed by atoms with E-state index in [1.807, 2.05) is 19.9 Å². The number of hydrogen-bond donors (Lipinski definition) is 1. The summed E-state index contributed by atoms with van der Waals surface area (Å²) in [5.41, 5.74) is 1.79. The van der Waals surface area contributed by atoms with Gasteiger partial charge >= 0.3 is 0 Å². The first-order chi connectivity index (χ1) is 9.95. The molecule has 0 spiro atoms. The summed E-state index contributed by atoms with van der Waals surface area (Å²) in [5, 5.41) is 3.31. The van der Waals surface area contributed by atoms with Crippen LogP contribution in [-0.2, 0) is 0 Å². The van der Waals surface area contributed by atoms with Gasteiger partial charge in [0, 0.05) is 10.4 Å². The summed E-state index contributed by atoms with van der Waals surface area (Å²) in [6.45, 7) is 6.36. The highest BCUT2D eigenvalue weighted by molar-refractivity contribution is 9.11. The Hall–Kier alpha value is -0.780. The minimum absolute atomic E-state index is 0.324. The summed E-state index contributed by atoms with van der Waals surface area (Å²) in [6, 6.07) is 4.99. The number of halogens is 3. The number of nitrogens with one attached hydrogen (secondary N) is 1. The first kappa shape index (κ1) is 16.6. The molecule has 0 aliphatic rings. The second kappa shape index (κ2) is 6.99. The largest absolute Gasteiger partial charge is 0.306 e. The predicted octanol–water partition coefficient (Wildman–Crippen LogP) is 5.49. The maximum atomic E-state index is 14.3. The average molecular weight is 374 g/mol. The Bertz CT molecular complexity index is 620. The van der Waals surface area contributed by atoms with Crippen LogP contribution < -0.4 is 5.32 Å². The summed E-state index contributed by atoms with van der Waals surface area (Å²) < 4.78 is 29.2. The number of aryl methyl sites for hydroxylation is 2. The van der Waals surface area contributed by atoms with Gasteiger partial charge in [0.25, 0.3) is 0 Å². The average Bonchev–Trinajstić information content (AvgIpc) is 2.78. The molecule has 0 saturated heterocycles. The minimum Gasteiger partial charge on any atom is -0.306 e. The van der Waals surface area contributed by atoms with Crippen LogP contribution in [-0.4, -0.2) is 6.54 Å². The highest BCUT2D eigenvalue weighted by Gasteiger charge is 2.22. The fourth-order valence-corrected chi connectivity index (χ4v) is 3.83. The van der Waals surface area contributed by atoms with E-state index in [4.69, 9.17) is 0 Å². The standard InChI is InChI=1S/C16H18BrF2NS/c1-4-7-20-15(12-8-10(3)16(17)21-12)11-6-5-9(2)13(18)14(11)19/h5-6,8,15,20H,4,7H2,1-3H3. The van der Waals surface area contributed by atoms with Crippen molar-refractivity contribution in [3.05, 3.63) is 55.2 Å². The molecular weight excluding hydrogens is 356 g/mol. The molecule has 5 heteroatoms. The summed E-state index contributed by atoms with van der Waals surface area (Å²) in [4.78, 5) is 0.981. The lowest BCUT2D eigenvalue weighted by atomic mass is 10.0. The Morgan fingerprint density at radius 1 is 1.19 bits per heavy atom. The van der Waals surface area contributed by atoms with Gasteiger partial charge in [-0.15, -0.1) is 11.3 Å². The Kier molecular flexibility index (Phi) is 5.52. The van der Waals surface area contributed by atoms with Crippen molar-refractivity contribution in [3.8, 4) is 0 Å². The monoisotopic (exact) mass is 373 g/mol. The van der Waals surface area contributed by atoms with Crippen molar-refractivity contribution in [2.24, 2.45) is 0 Å². The molecular formula is C16H18BrF2NS. The molecule has 1 unspecified atom stereocenters. The summed E-state index contributed by atoms with van der Waals surface area (Å²) in [6.07, 6.45) is 0.929. The lowest BCUT2D eigenvalue weighted by Crippen LogP contribution is -2.23. The van der Waals surface area contributed by atoms with Crippen molar-refractivity contribution in [2.45, 2.75) is 33.2 Å². The Labute approximate surface area is 136 Å². The van der Waals surface area contributed by atoms with Crippen molar-refractivity contribution in [2.75, 3.05) is 6.54 Å². The molecule has 2 aromatic rings. The van der Waals surface area contributed by atoms with Crippen molar-refractivity contribution in [3.63, 3.8) is 0 Å². The molecule has 1 aromatic heterocycles. The van der Waals surface area contributed by atoms with Gasteiger partial charge in [-0.3, -0.25) is 0 Å². The first-order valence-corrected chi connectivity index (χ1v) is 8.50. The normalized spacial score (nSPS) is 12.7. The molecule has 0 amide bonds. The second-order valence-electron chi connectivity index (χ2n) is 5.09. The number of thiophene rings is 1. The predicted molar refractivity (Wildman–Crippen MR) is 88.0 cm³/mol. The van der Waals surface area contributed by atoms with E-state index in [-0.39, 0.29) is 6.04 Å². The van der Waals surface area contributed by atoms with Gasteiger partial charge in [-0.1, -0.05) is 19.1 Å². The third-order valence-corrected chi connectivity index (χ3v) is 5.58. The highest BCUT2D eigenvalue weighted by Crippen LogP contribution is 2.35. The quantitative estimate of drug-likeness (QED) is 0.729. The zero-order valence-electron chi connectivity index (χ0n) is 12.3. The minimum atomic E-state index is -0.761. The maximum Gasteiger partial charge on any atom is 0.164 e. The Morgan fingerprint density at radius 3 is 2.48 bits per heavy atom. The third kappa shape index (κ3) is 3.52. The summed E-state index contributed by atoms with van der Waals surface area (Å²) in [7, 11) is 0. The van der Waals surface area contributed by atoms with Crippen LogP contribution in [0.2, 0.25) is 0 Å². The smallest absolute Gasteiger partial charge is 0.164 e. The van der Waals surface area contributed by atoms with Crippen molar-refractivity contribution >= 4 is 27.3 Å². The van der Waals surface area contributed by atoms with E-state index in [1.54, 1.807) is 30.4 Å². The molecule has 0 aliphatic carbocycles. The first-order valence-electron chi connectivity index (χ1n) is 6.89. The van der Waals surface area contributed by atoms with Gasteiger partial charge in [-0.05, 0) is 59.9 Å². The molecule has 21 heavy (non-hydrogen) atoms. The molecule has 0 saturated carbocycles. The molecule has 0 radical (unpaired) electrons. The van der Waals surface area contributed by atoms with Gasteiger partial charge in [0.1, 0.15) is 0 Å². The molecule has 1 nitrogen and oxygen atoms in total. The molecule has 1 atom stereocenters. The number of hydrogen-bond acceptors (Lipinski definition) is 2. The van der Waals surface area contributed by atoms with Crippen molar-refractivity contribution in [1.29, 1.82) is 0 Å². The number of rotatable bonds is 5. The van der Waals surface area contributed by atoms with E-state index in [9.17, 15) is 8.78 Å². The van der Waals surface area contributed by atoms with Crippen LogP contribution in [0.15, 0.2) is 22.0 Å². The zero-order valence-corrected chi connectivity index (χ0v) is 14.7. The van der Waals surface area contributed by atoms with E-state index >= 15 is 0 Å². The van der Waals surface area contributed by atoms with Gasteiger partial charge in [-0.2, -0.15) is 0 Å². The molecule has 0 aliphatic heterocycles. The van der Waals surface area contributed by atoms with Crippen LogP contribution in [0.4, 0.5) is 8.78 Å². The molecule has 0 fully saturated rings. The van der Waals surface area contributed by atoms with Crippen LogP contribution >= 0.6 is 27.3 Å². The summed E-state index contributed by atoms with van der Waals surface area (Å²) in [5.74, 6) is -1.52. The SMILES string of the molecule is CCCNC(c1cc(C)c(Br)s1)c1ccc(C)c(F)c1F. The zero-order chi connectivity index (χ0) is 15.6. The van der Waals surface area contributed by atoms with E-state index in [0.717, 1.165) is 27.2 Å². The molecule has 1 heterocycles. The van der Waals surface area contributed by atoms with E-state index < -0.39 is 11.6 Å². The fraction of sp³-hybridized carbons (Fsp3) is 0.375. The molecule has 0 bridgehead atoms. The summed E-state index contributed by atoms with van der Waals surface area (Å²) >= 11 is 5.04. The van der Waals surface area contributed by atoms with Crippen LogP contribution in [0.5, 0.6) is 0 Å². The Balaban J connectivity index is 2.47. The van der Waals surface area contributed by atoms with E-state index in [2.05, 4.69) is 21.2 Å². The van der Waals surface area contributed by atoms with E-state index in [0.29, 0.717) is 11.1 Å². The van der Waals surface area contributed by atoms with Gasteiger partial charge in [0.2, 0.25) is 0 Å². The van der Waals surface area contributed by atoms with E-state index in [1.165, 1.54) is 0 Å². The maximum absolute atomic E-state index is 14.3. The van der Waals surface area contributed by atoms with Crippen LogP contribution in [0, 0.1) is 25.5 Å². The Morgan fingerprint density at radius 2 is 1.90 bits per heavy atom. The highest BCUT2D eigenvalue weighted by atomic mass is 79.9. The fourth-order valence-electron chi connectivity index (χ4n) is 2.16. The van der Waals surface area contributed by atoms with Gasteiger partial charge < -0.3 is 5.32 Å². The molecule has 1 N–H and O–H groups in total. The lowest BCUT2D eigenvalue weighted by molar-refractivity contribution is 0.477. The topological polar surface area (TPSA) is 12.0 Å². The van der Waals surface area contributed by atoms with Crippen molar-refractivity contribution < 1.29 is 8.78 Å². The van der Waals surface area contributed by atoms with Crippen LogP contribution in [0.3, 0.4) is 0 Å². The van der Waals surface area contributed by atoms with Crippen molar-refractivity contribution in [1.82, 2.24) is 5.32 Å². The lowest BCUT2D eigenvalue weighted by Gasteiger charge is -2.19. The molecule has 114 valence electrons. The van der Waals surface area contributed by atoms with Crippen LogP contribution in [0.25, 0.3) is 0 Å². The number of benzene rings is 1. The molecule has 1 aromatic carbocycles.